The third kappa shape index (κ3) is 7.17. The maximum Gasteiger partial charge on any atom is 0.217 e. The number of hydrogen-bond acceptors (Lipinski definition) is 5. The second-order valence-corrected chi connectivity index (χ2v) is 7.04. The molecule has 2 aliphatic heterocycles. The molecule has 2 saturated heterocycles. The normalized spacial score (nSPS) is 17.8. The van der Waals surface area contributed by atoms with Crippen LogP contribution in [0.15, 0.2) is 36.7 Å². The summed E-state index contributed by atoms with van der Waals surface area (Å²) in [5.74, 6) is 1.02. The first-order valence-electron chi connectivity index (χ1n) is 9.39. The standard InChI is InChI=1S/C15H22N2O2.C5H3ClFN.ClH/c1-2-14(12-5-10-18-11-6-12)15(17-7-1)19-13-3-8-16-9-4-13;6-5-2-1-4(7)3-8-5;/h1-2,7,12-13,16H,3-6,8-11H2;1-3H;1H. The van der Waals surface area contributed by atoms with Gasteiger partial charge in [0.15, 0.2) is 0 Å². The summed E-state index contributed by atoms with van der Waals surface area (Å²) in [6.07, 6.45) is 7.52. The van der Waals surface area contributed by atoms with Crippen molar-refractivity contribution in [2.45, 2.75) is 37.7 Å². The van der Waals surface area contributed by atoms with Gasteiger partial charge in [0, 0.05) is 25.0 Å². The molecule has 0 saturated carbocycles. The van der Waals surface area contributed by atoms with Gasteiger partial charge in [-0.25, -0.2) is 14.4 Å². The highest BCUT2D eigenvalue weighted by Gasteiger charge is 2.22. The minimum absolute atomic E-state index is 0. The zero-order valence-electron chi connectivity index (χ0n) is 15.7. The largest absolute Gasteiger partial charge is 0.474 e. The molecule has 2 fully saturated rings. The van der Waals surface area contributed by atoms with Crippen LogP contribution in [0.4, 0.5) is 4.39 Å². The Labute approximate surface area is 176 Å². The molecule has 2 aromatic heterocycles. The third-order valence-corrected chi connectivity index (χ3v) is 4.94. The SMILES string of the molecule is Cl.Fc1ccc(Cl)nc1.c1cnc(OC2CCNCC2)c(C2CCOCC2)c1. The molecule has 0 amide bonds. The lowest BCUT2D eigenvalue weighted by atomic mass is 9.92. The van der Waals surface area contributed by atoms with Gasteiger partial charge in [-0.2, -0.15) is 0 Å². The van der Waals surface area contributed by atoms with E-state index in [9.17, 15) is 4.39 Å². The fraction of sp³-hybridized carbons (Fsp3) is 0.500. The predicted octanol–water partition coefficient (Wildman–Crippen LogP) is 4.40. The highest BCUT2D eigenvalue weighted by molar-refractivity contribution is 6.29. The Bertz CT molecular complexity index is 673. The van der Waals surface area contributed by atoms with E-state index in [-0.39, 0.29) is 18.2 Å². The molecule has 0 atom stereocenters. The summed E-state index contributed by atoms with van der Waals surface area (Å²) in [5, 5.41) is 3.67. The first-order chi connectivity index (χ1) is 13.2. The van der Waals surface area contributed by atoms with Crippen molar-refractivity contribution in [1.29, 1.82) is 0 Å². The first kappa shape index (κ1) is 22.8. The van der Waals surface area contributed by atoms with E-state index in [1.54, 1.807) is 0 Å². The fourth-order valence-electron chi connectivity index (χ4n) is 3.25. The van der Waals surface area contributed by atoms with Gasteiger partial charge in [-0.15, -0.1) is 12.4 Å². The van der Waals surface area contributed by atoms with E-state index in [0.29, 0.717) is 17.2 Å². The zero-order valence-corrected chi connectivity index (χ0v) is 17.2. The molecule has 2 aliphatic rings. The van der Waals surface area contributed by atoms with Crippen molar-refractivity contribution < 1.29 is 13.9 Å². The van der Waals surface area contributed by atoms with Crippen LogP contribution in [0.5, 0.6) is 5.88 Å². The Morgan fingerprint density at radius 2 is 1.82 bits per heavy atom. The van der Waals surface area contributed by atoms with Crippen LogP contribution >= 0.6 is 24.0 Å². The van der Waals surface area contributed by atoms with E-state index >= 15 is 0 Å². The molecule has 1 N–H and O–H groups in total. The summed E-state index contributed by atoms with van der Waals surface area (Å²) in [7, 11) is 0. The van der Waals surface area contributed by atoms with E-state index in [1.165, 1.54) is 17.7 Å². The lowest BCUT2D eigenvalue weighted by Gasteiger charge is -2.27. The Hall–Kier alpha value is -1.47. The molecular formula is C20H26Cl2FN3O2. The topological polar surface area (TPSA) is 56.3 Å². The monoisotopic (exact) mass is 429 g/mol. The second-order valence-electron chi connectivity index (χ2n) is 6.65. The summed E-state index contributed by atoms with van der Waals surface area (Å²) < 4.78 is 23.6. The molecule has 2 aromatic rings. The average molecular weight is 430 g/mol. The molecule has 4 heterocycles. The van der Waals surface area contributed by atoms with Crippen molar-refractivity contribution in [2.24, 2.45) is 0 Å². The lowest BCUT2D eigenvalue weighted by Crippen LogP contribution is -2.34. The molecule has 154 valence electrons. The van der Waals surface area contributed by atoms with Crippen LogP contribution in [0.1, 0.15) is 37.2 Å². The summed E-state index contributed by atoms with van der Waals surface area (Å²) >= 11 is 5.33. The Morgan fingerprint density at radius 3 is 2.46 bits per heavy atom. The number of rotatable bonds is 3. The molecule has 0 spiro atoms. The molecule has 0 aromatic carbocycles. The highest BCUT2D eigenvalue weighted by Crippen LogP contribution is 2.33. The fourth-order valence-corrected chi connectivity index (χ4v) is 3.36. The van der Waals surface area contributed by atoms with Crippen molar-refractivity contribution in [3.05, 3.63) is 53.2 Å². The maximum atomic E-state index is 12.0. The van der Waals surface area contributed by atoms with Crippen LogP contribution in [0.25, 0.3) is 0 Å². The van der Waals surface area contributed by atoms with Crippen LogP contribution < -0.4 is 10.1 Å². The summed E-state index contributed by atoms with van der Waals surface area (Å²) in [4.78, 5) is 7.93. The molecule has 0 aliphatic carbocycles. The van der Waals surface area contributed by atoms with Gasteiger partial charge in [0.25, 0.3) is 0 Å². The van der Waals surface area contributed by atoms with Crippen molar-refractivity contribution in [2.75, 3.05) is 26.3 Å². The van der Waals surface area contributed by atoms with Gasteiger partial charge in [-0.05, 0) is 62.9 Å². The van der Waals surface area contributed by atoms with Gasteiger partial charge in [0.1, 0.15) is 17.1 Å². The third-order valence-electron chi connectivity index (χ3n) is 4.72. The van der Waals surface area contributed by atoms with E-state index in [4.69, 9.17) is 21.1 Å². The first-order valence-corrected chi connectivity index (χ1v) is 9.77. The van der Waals surface area contributed by atoms with Gasteiger partial charge < -0.3 is 14.8 Å². The molecule has 0 bridgehead atoms. The van der Waals surface area contributed by atoms with E-state index in [0.717, 1.165) is 64.1 Å². The minimum Gasteiger partial charge on any atom is -0.474 e. The molecular weight excluding hydrogens is 404 g/mol. The number of piperidine rings is 1. The number of ether oxygens (including phenoxy) is 2. The smallest absolute Gasteiger partial charge is 0.217 e. The molecule has 4 rings (SSSR count). The van der Waals surface area contributed by atoms with E-state index < -0.39 is 0 Å². The maximum absolute atomic E-state index is 12.0. The van der Waals surface area contributed by atoms with Gasteiger partial charge in [0.05, 0.1) is 6.20 Å². The Kier molecular flexibility index (Phi) is 9.92. The summed E-state index contributed by atoms with van der Waals surface area (Å²) in [5.41, 5.74) is 1.27. The van der Waals surface area contributed by atoms with E-state index in [1.807, 2.05) is 12.3 Å². The van der Waals surface area contributed by atoms with Crippen LogP contribution in [0.2, 0.25) is 5.15 Å². The molecule has 5 nitrogen and oxygen atoms in total. The summed E-state index contributed by atoms with van der Waals surface area (Å²) in [6.45, 7) is 3.80. The van der Waals surface area contributed by atoms with Crippen LogP contribution in [-0.2, 0) is 4.74 Å². The quantitative estimate of drug-likeness (QED) is 0.732. The Balaban J connectivity index is 0.000000264. The van der Waals surface area contributed by atoms with Gasteiger partial charge in [-0.1, -0.05) is 17.7 Å². The zero-order chi connectivity index (χ0) is 18.9. The lowest BCUT2D eigenvalue weighted by molar-refractivity contribution is 0.0832. The van der Waals surface area contributed by atoms with Crippen molar-refractivity contribution in [3.8, 4) is 5.88 Å². The Morgan fingerprint density at radius 1 is 1.07 bits per heavy atom. The summed E-state index contributed by atoms with van der Waals surface area (Å²) in [6, 6.07) is 6.84. The van der Waals surface area contributed by atoms with Gasteiger partial charge in [-0.3, -0.25) is 0 Å². The minimum atomic E-state index is -0.366. The number of halogens is 3. The van der Waals surface area contributed by atoms with Crippen LogP contribution in [0.3, 0.4) is 0 Å². The van der Waals surface area contributed by atoms with Crippen molar-refractivity contribution in [3.63, 3.8) is 0 Å². The number of pyridine rings is 2. The molecule has 28 heavy (non-hydrogen) atoms. The molecule has 0 unspecified atom stereocenters. The van der Waals surface area contributed by atoms with Gasteiger partial charge >= 0.3 is 0 Å². The number of hydrogen-bond donors (Lipinski definition) is 1. The molecule has 0 radical (unpaired) electrons. The van der Waals surface area contributed by atoms with Crippen molar-refractivity contribution >= 4 is 24.0 Å². The number of nitrogens with one attached hydrogen (secondary N) is 1. The van der Waals surface area contributed by atoms with Crippen LogP contribution in [-0.4, -0.2) is 42.4 Å². The van der Waals surface area contributed by atoms with Crippen LogP contribution in [0, 0.1) is 5.82 Å². The predicted molar refractivity (Wildman–Crippen MR) is 110 cm³/mol. The van der Waals surface area contributed by atoms with Gasteiger partial charge in [0.2, 0.25) is 5.88 Å². The average Bonchev–Trinajstić information content (AvgIpc) is 2.73. The molecule has 8 heteroatoms. The van der Waals surface area contributed by atoms with E-state index in [2.05, 4.69) is 21.4 Å². The number of nitrogens with zero attached hydrogens (tertiary/aromatic N) is 2. The second kappa shape index (κ2) is 12.2. The highest BCUT2D eigenvalue weighted by atomic mass is 35.5. The van der Waals surface area contributed by atoms with Crippen molar-refractivity contribution in [1.82, 2.24) is 15.3 Å². The number of aromatic nitrogens is 2.